The molecule has 0 spiro atoms. The monoisotopic (exact) mass is 348 g/mol. The number of benzene rings is 2. The molecule has 134 valence electrons. The van der Waals surface area contributed by atoms with Gasteiger partial charge in [0.1, 0.15) is 5.82 Å². The molecule has 0 radical (unpaired) electrons. The number of carbonyl (C=O) groups is 1. The molecule has 1 aromatic heterocycles. The number of rotatable bonds is 4. The summed E-state index contributed by atoms with van der Waals surface area (Å²) >= 11 is 0. The molecule has 2 heterocycles. The predicted molar refractivity (Wildman–Crippen MR) is 103 cm³/mol. The Morgan fingerprint density at radius 2 is 1.85 bits per heavy atom. The zero-order valence-corrected chi connectivity index (χ0v) is 14.8. The van der Waals surface area contributed by atoms with E-state index in [0.29, 0.717) is 13.0 Å². The molecule has 1 amide bonds. The van der Waals surface area contributed by atoms with E-state index in [1.807, 2.05) is 41.3 Å². The summed E-state index contributed by atoms with van der Waals surface area (Å²) in [6.45, 7) is 2.01. The number of carbonyl (C=O) groups excluding carboxylic acids is 1. The molecule has 1 aliphatic heterocycles. The molecule has 2 aromatic carbocycles. The van der Waals surface area contributed by atoms with Gasteiger partial charge in [-0.2, -0.15) is 0 Å². The van der Waals surface area contributed by atoms with Crippen LogP contribution in [0.25, 0.3) is 11.0 Å². The quantitative estimate of drug-likeness (QED) is 0.788. The summed E-state index contributed by atoms with van der Waals surface area (Å²) in [6.07, 6.45) is 2.07. The highest BCUT2D eigenvalue weighted by Gasteiger charge is 2.31. The van der Waals surface area contributed by atoms with E-state index in [1.165, 1.54) is 5.56 Å². The summed E-state index contributed by atoms with van der Waals surface area (Å²) in [4.78, 5) is 19.7. The largest absolute Gasteiger partial charge is 0.332 e. The van der Waals surface area contributed by atoms with Crippen LogP contribution in [-0.2, 0) is 17.8 Å². The van der Waals surface area contributed by atoms with Crippen molar-refractivity contribution >= 4 is 16.9 Å². The molecule has 3 aromatic rings. The molecule has 0 bridgehead atoms. The SMILES string of the molecule is NCCC(=O)N1CCCn2c(nc3ccccc32)C1Cc1ccccc1. The first kappa shape index (κ1) is 16.8. The van der Waals surface area contributed by atoms with Crippen molar-refractivity contribution in [1.29, 1.82) is 0 Å². The second-order valence-corrected chi connectivity index (χ2v) is 6.80. The van der Waals surface area contributed by atoms with Crippen molar-refractivity contribution in [3.63, 3.8) is 0 Å². The number of nitrogens with two attached hydrogens (primary N) is 1. The Balaban J connectivity index is 1.80. The van der Waals surface area contributed by atoms with Crippen molar-refractivity contribution in [3.05, 3.63) is 66.0 Å². The molecular weight excluding hydrogens is 324 g/mol. The van der Waals surface area contributed by atoms with Gasteiger partial charge in [0, 0.05) is 32.5 Å². The van der Waals surface area contributed by atoms with Crippen LogP contribution in [0, 0.1) is 0 Å². The molecule has 4 rings (SSSR count). The summed E-state index contributed by atoms with van der Waals surface area (Å²) in [7, 11) is 0. The maximum Gasteiger partial charge on any atom is 0.224 e. The van der Waals surface area contributed by atoms with Gasteiger partial charge in [0.25, 0.3) is 0 Å². The normalized spacial score (nSPS) is 17.1. The Bertz CT molecular complexity index is 903. The van der Waals surface area contributed by atoms with Gasteiger partial charge in [-0.15, -0.1) is 0 Å². The van der Waals surface area contributed by atoms with Crippen molar-refractivity contribution in [2.24, 2.45) is 5.73 Å². The number of aryl methyl sites for hydroxylation is 1. The van der Waals surface area contributed by atoms with Gasteiger partial charge in [-0.3, -0.25) is 4.79 Å². The van der Waals surface area contributed by atoms with E-state index in [9.17, 15) is 4.79 Å². The van der Waals surface area contributed by atoms with Gasteiger partial charge in [-0.25, -0.2) is 4.98 Å². The van der Waals surface area contributed by atoms with E-state index in [2.05, 4.69) is 22.8 Å². The van der Waals surface area contributed by atoms with E-state index in [-0.39, 0.29) is 11.9 Å². The first-order valence-corrected chi connectivity index (χ1v) is 9.26. The van der Waals surface area contributed by atoms with Crippen LogP contribution in [0.3, 0.4) is 0 Å². The maximum atomic E-state index is 12.8. The van der Waals surface area contributed by atoms with Gasteiger partial charge in [0.2, 0.25) is 5.91 Å². The molecule has 0 aliphatic carbocycles. The molecule has 0 saturated heterocycles. The molecular formula is C21H24N4O. The minimum Gasteiger partial charge on any atom is -0.332 e. The summed E-state index contributed by atoms with van der Waals surface area (Å²) < 4.78 is 2.29. The highest BCUT2D eigenvalue weighted by atomic mass is 16.2. The van der Waals surface area contributed by atoms with E-state index in [0.717, 1.165) is 42.8 Å². The van der Waals surface area contributed by atoms with Gasteiger partial charge in [0.15, 0.2) is 0 Å². The second kappa shape index (κ2) is 7.30. The van der Waals surface area contributed by atoms with Crippen molar-refractivity contribution < 1.29 is 4.79 Å². The Hall–Kier alpha value is -2.66. The maximum absolute atomic E-state index is 12.8. The Morgan fingerprint density at radius 3 is 2.65 bits per heavy atom. The number of nitrogens with zero attached hydrogens (tertiary/aromatic N) is 3. The third-order valence-corrected chi connectivity index (χ3v) is 5.09. The van der Waals surface area contributed by atoms with Crippen LogP contribution < -0.4 is 5.73 Å². The Kier molecular flexibility index (Phi) is 4.71. The van der Waals surface area contributed by atoms with Gasteiger partial charge in [0.05, 0.1) is 17.1 Å². The first-order valence-electron chi connectivity index (χ1n) is 9.26. The second-order valence-electron chi connectivity index (χ2n) is 6.80. The predicted octanol–water partition coefficient (Wildman–Crippen LogP) is 2.90. The number of imidazole rings is 1. The van der Waals surface area contributed by atoms with Crippen LogP contribution in [-0.4, -0.2) is 33.4 Å². The average molecular weight is 348 g/mol. The standard InChI is InChI=1S/C21H24N4O/c22-12-11-20(26)24-13-6-14-25-18-10-5-4-9-17(18)23-21(25)19(24)15-16-7-2-1-3-8-16/h1-5,7-10,19H,6,11-15,22H2. The number of hydrogen-bond donors (Lipinski definition) is 1. The Labute approximate surface area is 153 Å². The van der Waals surface area contributed by atoms with Gasteiger partial charge in [-0.05, 0) is 24.1 Å². The van der Waals surface area contributed by atoms with Crippen LogP contribution in [0.5, 0.6) is 0 Å². The minimum atomic E-state index is -0.0636. The molecule has 5 nitrogen and oxygen atoms in total. The van der Waals surface area contributed by atoms with Gasteiger partial charge in [-0.1, -0.05) is 42.5 Å². The summed E-state index contributed by atoms with van der Waals surface area (Å²) in [5.41, 5.74) is 9.01. The molecule has 2 N–H and O–H groups in total. The molecule has 1 atom stereocenters. The van der Waals surface area contributed by atoms with E-state index in [4.69, 9.17) is 10.7 Å². The zero-order valence-electron chi connectivity index (χ0n) is 14.8. The van der Waals surface area contributed by atoms with Crippen molar-refractivity contribution in [3.8, 4) is 0 Å². The average Bonchev–Trinajstić information content (AvgIpc) is 2.94. The lowest BCUT2D eigenvalue weighted by Gasteiger charge is -2.29. The van der Waals surface area contributed by atoms with Crippen LogP contribution in [0.4, 0.5) is 0 Å². The number of fused-ring (bicyclic) bond motifs is 3. The van der Waals surface area contributed by atoms with E-state index in [1.54, 1.807) is 0 Å². The van der Waals surface area contributed by atoms with Crippen LogP contribution in [0.2, 0.25) is 0 Å². The molecule has 1 aliphatic rings. The molecule has 26 heavy (non-hydrogen) atoms. The highest BCUT2D eigenvalue weighted by Crippen LogP contribution is 2.31. The number of hydrogen-bond acceptors (Lipinski definition) is 3. The van der Waals surface area contributed by atoms with Crippen molar-refractivity contribution in [2.75, 3.05) is 13.1 Å². The third kappa shape index (κ3) is 3.10. The fourth-order valence-corrected chi connectivity index (χ4v) is 3.88. The molecule has 0 fully saturated rings. The van der Waals surface area contributed by atoms with Crippen molar-refractivity contribution in [1.82, 2.24) is 14.5 Å². The number of aromatic nitrogens is 2. The fourth-order valence-electron chi connectivity index (χ4n) is 3.88. The highest BCUT2D eigenvalue weighted by molar-refractivity contribution is 5.78. The Morgan fingerprint density at radius 1 is 1.08 bits per heavy atom. The topological polar surface area (TPSA) is 64.2 Å². The summed E-state index contributed by atoms with van der Waals surface area (Å²) in [5, 5.41) is 0. The smallest absolute Gasteiger partial charge is 0.224 e. The lowest BCUT2D eigenvalue weighted by atomic mass is 10.0. The lowest BCUT2D eigenvalue weighted by molar-refractivity contribution is -0.133. The number of para-hydroxylation sites is 2. The van der Waals surface area contributed by atoms with Gasteiger partial charge >= 0.3 is 0 Å². The molecule has 0 saturated carbocycles. The zero-order chi connectivity index (χ0) is 17.9. The van der Waals surface area contributed by atoms with Crippen LogP contribution in [0.15, 0.2) is 54.6 Å². The van der Waals surface area contributed by atoms with Crippen LogP contribution in [0.1, 0.15) is 30.3 Å². The van der Waals surface area contributed by atoms with Crippen LogP contribution >= 0.6 is 0 Å². The minimum absolute atomic E-state index is 0.0636. The molecule has 1 unspecified atom stereocenters. The number of amides is 1. The summed E-state index contributed by atoms with van der Waals surface area (Å²) in [6, 6.07) is 18.5. The third-order valence-electron chi connectivity index (χ3n) is 5.09. The van der Waals surface area contributed by atoms with Gasteiger partial charge < -0.3 is 15.2 Å². The van der Waals surface area contributed by atoms with E-state index < -0.39 is 0 Å². The van der Waals surface area contributed by atoms with E-state index >= 15 is 0 Å². The fraction of sp³-hybridized carbons (Fsp3) is 0.333. The summed E-state index contributed by atoms with van der Waals surface area (Å²) in [5.74, 6) is 1.10. The lowest BCUT2D eigenvalue weighted by Crippen LogP contribution is -2.37. The van der Waals surface area contributed by atoms with Crippen molar-refractivity contribution in [2.45, 2.75) is 31.8 Å². The molecule has 5 heteroatoms. The first-order chi connectivity index (χ1) is 12.8.